The SMILES string of the molecule is CC1=CC2C/C=C/C(C)=CC(c3cc(C)cc(C4=C5C=CCCC5=C(N(c5ccc(C)cc5)c5ccc(C)cc5)C5CC=CC=C45)c3)=c3ccc(c2c3)=C1. The van der Waals surface area contributed by atoms with Crippen LogP contribution in [0.1, 0.15) is 78.8 Å². The highest BCUT2D eigenvalue weighted by atomic mass is 15.2. The van der Waals surface area contributed by atoms with Crippen molar-refractivity contribution in [2.75, 3.05) is 4.90 Å². The molecule has 0 aromatic heterocycles. The molecule has 5 aliphatic rings. The van der Waals surface area contributed by atoms with Crippen molar-refractivity contribution >= 4 is 28.6 Å². The molecule has 1 nitrogen and oxygen atoms in total. The maximum atomic E-state index is 2.57. The van der Waals surface area contributed by atoms with Gasteiger partial charge in [0.2, 0.25) is 0 Å². The predicted octanol–water partition coefficient (Wildman–Crippen LogP) is 12.3. The number of hydrogen-bond acceptors (Lipinski definition) is 1. The molecule has 54 heavy (non-hydrogen) atoms. The van der Waals surface area contributed by atoms with Gasteiger partial charge >= 0.3 is 0 Å². The fourth-order valence-corrected chi connectivity index (χ4v) is 9.29. The van der Waals surface area contributed by atoms with E-state index >= 15 is 0 Å². The number of allylic oxidation sites excluding steroid dienone is 15. The number of nitrogens with zero attached hydrogens (tertiary/aromatic N) is 1. The van der Waals surface area contributed by atoms with Gasteiger partial charge in [0, 0.05) is 28.9 Å². The molecule has 4 aromatic carbocycles. The monoisotopic (exact) mass is 699 g/mol. The van der Waals surface area contributed by atoms with Gasteiger partial charge in [-0.1, -0.05) is 132 Å². The number of hydrogen-bond donors (Lipinski definition) is 0. The molecule has 266 valence electrons. The number of fused-ring (bicyclic) bond motifs is 3. The standard InChI is InChI=1S/C53H49N/c1-34-17-23-44(24-18-34)54(45-25-19-35(2)20-26-45)53-48-15-8-6-13-46(48)52(47-14-7-9-16-49(47)53)43-30-38(5)29-42(32-43)50-31-36(3)11-10-12-39-27-37(4)28-40-21-22-41(50)33-51(39)40/h6-8,10-11,13-14,17-33,39,48H,9,12,15-16H2,1-5H3/b11-10+,36-31?,50-41?. The van der Waals surface area contributed by atoms with Gasteiger partial charge in [0.1, 0.15) is 0 Å². The second kappa shape index (κ2) is 14.0. The molecular formula is C53H49N. The van der Waals surface area contributed by atoms with E-state index in [1.165, 1.54) is 99.9 Å². The van der Waals surface area contributed by atoms with Gasteiger partial charge in [-0.05, 0) is 157 Å². The van der Waals surface area contributed by atoms with E-state index in [0.717, 1.165) is 25.7 Å². The third-order valence-electron chi connectivity index (χ3n) is 11.8. The van der Waals surface area contributed by atoms with Crippen molar-refractivity contribution in [1.29, 1.82) is 0 Å². The second-order valence-corrected chi connectivity index (χ2v) is 16.0. The summed E-state index contributed by atoms with van der Waals surface area (Å²) in [6.07, 6.45) is 27.8. The van der Waals surface area contributed by atoms with Crippen molar-refractivity contribution in [2.45, 2.75) is 66.2 Å². The molecule has 0 fully saturated rings. The van der Waals surface area contributed by atoms with Gasteiger partial charge in [0.05, 0.1) is 0 Å². The largest absolute Gasteiger partial charge is 0.313 e. The maximum Gasteiger partial charge on any atom is 0.0458 e. The lowest BCUT2D eigenvalue weighted by atomic mass is 9.70. The summed E-state index contributed by atoms with van der Waals surface area (Å²) in [4.78, 5) is 2.57. The molecule has 4 aromatic rings. The zero-order valence-electron chi connectivity index (χ0n) is 32.3. The summed E-state index contributed by atoms with van der Waals surface area (Å²) < 4.78 is 0. The highest BCUT2D eigenvalue weighted by molar-refractivity contribution is 5.93. The smallest absolute Gasteiger partial charge is 0.0458 e. The molecule has 9 rings (SSSR count). The van der Waals surface area contributed by atoms with Gasteiger partial charge in [0.15, 0.2) is 0 Å². The average molecular weight is 700 g/mol. The fourth-order valence-electron chi connectivity index (χ4n) is 9.29. The normalized spacial score (nSPS) is 20.7. The Morgan fingerprint density at radius 3 is 2.11 bits per heavy atom. The maximum absolute atomic E-state index is 2.57. The Kier molecular flexibility index (Phi) is 8.82. The summed E-state index contributed by atoms with van der Waals surface area (Å²) in [6.45, 7) is 11.1. The molecule has 0 radical (unpaired) electrons. The molecule has 5 aliphatic carbocycles. The summed E-state index contributed by atoms with van der Waals surface area (Å²) in [5, 5.41) is 2.64. The summed E-state index contributed by atoms with van der Waals surface area (Å²) in [7, 11) is 0. The molecule has 0 spiro atoms. The summed E-state index contributed by atoms with van der Waals surface area (Å²) >= 11 is 0. The average Bonchev–Trinajstić information content (AvgIpc) is 3.17. The Balaban J connectivity index is 1.28. The molecular weight excluding hydrogens is 651 g/mol. The van der Waals surface area contributed by atoms with Crippen LogP contribution < -0.4 is 15.3 Å². The Morgan fingerprint density at radius 1 is 0.611 bits per heavy atom. The van der Waals surface area contributed by atoms with Crippen molar-refractivity contribution < 1.29 is 0 Å². The van der Waals surface area contributed by atoms with Gasteiger partial charge < -0.3 is 4.90 Å². The van der Waals surface area contributed by atoms with Crippen LogP contribution >= 0.6 is 0 Å². The topological polar surface area (TPSA) is 3.24 Å². The van der Waals surface area contributed by atoms with E-state index < -0.39 is 0 Å². The molecule has 0 N–H and O–H groups in total. The van der Waals surface area contributed by atoms with E-state index in [2.05, 4.69) is 185 Å². The molecule has 1 heteroatoms. The molecule has 2 atom stereocenters. The van der Waals surface area contributed by atoms with E-state index in [4.69, 9.17) is 0 Å². The van der Waals surface area contributed by atoms with E-state index in [1.807, 2.05) is 0 Å². The van der Waals surface area contributed by atoms with Crippen LogP contribution in [0, 0.1) is 26.7 Å². The Morgan fingerprint density at radius 2 is 1.35 bits per heavy atom. The minimum Gasteiger partial charge on any atom is -0.313 e. The molecule has 0 amide bonds. The summed E-state index contributed by atoms with van der Waals surface area (Å²) in [5.74, 6) is 0.636. The number of aryl methyl sites for hydroxylation is 3. The quantitative estimate of drug-likeness (QED) is 0.200. The van der Waals surface area contributed by atoms with Crippen LogP contribution in [0.5, 0.6) is 0 Å². The molecule has 0 saturated carbocycles. The lowest BCUT2D eigenvalue weighted by Crippen LogP contribution is -2.30. The first-order chi connectivity index (χ1) is 26.3. The van der Waals surface area contributed by atoms with Crippen LogP contribution in [0.25, 0.3) is 17.2 Å². The highest BCUT2D eigenvalue weighted by Crippen LogP contribution is 2.52. The van der Waals surface area contributed by atoms with Crippen LogP contribution in [0.3, 0.4) is 0 Å². The molecule has 0 heterocycles. The van der Waals surface area contributed by atoms with Crippen molar-refractivity contribution in [3.05, 3.63) is 217 Å². The minimum atomic E-state index is 0.237. The zero-order valence-corrected chi connectivity index (χ0v) is 32.3. The highest BCUT2D eigenvalue weighted by Gasteiger charge is 2.37. The molecule has 2 bridgehead atoms. The number of rotatable bonds is 5. The predicted molar refractivity (Wildman–Crippen MR) is 230 cm³/mol. The minimum absolute atomic E-state index is 0.237. The van der Waals surface area contributed by atoms with Crippen molar-refractivity contribution in [3.8, 4) is 0 Å². The fraction of sp³-hybridized carbons (Fsp3) is 0.208. The van der Waals surface area contributed by atoms with Crippen molar-refractivity contribution in [1.82, 2.24) is 0 Å². The van der Waals surface area contributed by atoms with Crippen molar-refractivity contribution in [2.24, 2.45) is 5.92 Å². The van der Waals surface area contributed by atoms with E-state index in [0.29, 0.717) is 5.92 Å². The Hall–Kier alpha value is -5.66. The van der Waals surface area contributed by atoms with Crippen LogP contribution in [0.15, 0.2) is 173 Å². The first kappa shape index (κ1) is 34.1. The van der Waals surface area contributed by atoms with Gasteiger partial charge in [-0.15, -0.1) is 0 Å². The van der Waals surface area contributed by atoms with Gasteiger partial charge in [-0.25, -0.2) is 0 Å². The van der Waals surface area contributed by atoms with Gasteiger partial charge in [-0.3, -0.25) is 0 Å². The van der Waals surface area contributed by atoms with Crippen LogP contribution in [-0.4, -0.2) is 0 Å². The van der Waals surface area contributed by atoms with Gasteiger partial charge in [0.25, 0.3) is 0 Å². The summed E-state index contributed by atoms with van der Waals surface area (Å²) in [5.41, 5.74) is 21.3. The van der Waals surface area contributed by atoms with E-state index in [9.17, 15) is 0 Å². The lowest BCUT2D eigenvalue weighted by Gasteiger charge is -2.42. The lowest BCUT2D eigenvalue weighted by molar-refractivity contribution is 0.690. The Bertz CT molecular complexity index is 2520. The number of benzene rings is 4. The first-order valence-corrected chi connectivity index (χ1v) is 19.8. The molecule has 2 unspecified atom stereocenters. The molecule has 0 aliphatic heterocycles. The van der Waals surface area contributed by atoms with Crippen LogP contribution in [-0.2, 0) is 0 Å². The Labute approximate surface area is 321 Å². The van der Waals surface area contributed by atoms with Crippen LogP contribution in [0.2, 0.25) is 0 Å². The third-order valence-corrected chi connectivity index (χ3v) is 11.8. The first-order valence-electron chi connectivity index (χ1n) is 19.8. The summed E-state index contributed by atoms with van der Waals surface area (Å²) in [6, 6.07) is 32.6. The van der Waals surface area contributed by atoms with Crippen LogP contribution in [0.4, 0.5) is 11.4 Å². The van der Waals surface area contributed by atoms with E-state index in [-0.39, 0.29) is 5.92 Å². The van der Waals surface area contributed by atoms with E-state index in [1.54, 1.807) is 0 Å². The third kappa shape index (κ3) is 6.26. The number of anilines is 2. The van der Waals surface area contributed by atoms with Gasteiger partial charge in [-0.2, -0.15) is 0 Å². The second-order valence-electron chi connectivity index (χ2n) is 16.0. The molecule has 0 saturated heterocycles. The zero-order chi connectivity index (χ0) is 36.9. The van der Waals surface area contributed by atoms with Crippen molar-refractivity contribution in [3.63, 3.8) is 0 Å².